The van der Waals surface area contributed by atoms with Crippen LogP contribution in [0.3, 0.4) is 0 Å². The van der Waals surface area contributed by atoms with E-state index in [1.165, 1.54) is 0 Å². The topological polar surface area (TPSA) is 17.1 Å². The molecule has 1 aliphatic carbocycles. The van der Waals surface area contributed by atoms with Crippen LogP contribution in [-0.2, 0) is 10.2 Å². The number of alkyl halides is 2. The molecule has 0 amide bonds. The van der Waals surface area contributed by atoms with Gasteiger partial charge in [-0.05, 0) is 30.5 Å². The van der Waals surface area contributed by atoms with Crippen LogP contribution in [0.2, 0.25) is 0 Å². The fraction of sp³-hybridized carbons (Fsp3) is 0.364. The van der Waals surface area contributed by atoms with Crippen molar-refractivity contribution in [3.05, 3.63) is 29.8 Å². The van der Waals surface area contributed by atoms with Gasteiger partial charge in [-0.2, -0.15) is 8.78 Å². The van der Waals surface area contributed by atoms with E-state index in [4.69, 9.17) is 0 Å². The van der Waals surface area contributed by atoms with Crippen LogP contribution in [0.25, 0.3) is 0 Å². The lowest BCUT2D eigenvalue weighted by molar-refractivity contribution is -0.109. The number of halogens is 2. The Bertz CT molecular complexity index is 357. The Morgan fingerprint density at radius 2 is 1.87 bits per heavy atom. The van der Waals surface area contributed by atoms with Crippen LogP contribution in [0.1, 0.15) is 18.4 Å². The zero-order valence-electron chi connectivity index (χ0n) is 7.95. The third-order valence-electron chi connectivity index (χ3n) is 2.67. The predicted octanol–water partition coefficient (Wildman–Crippen LogP) is 3.23. The number of benzene rings is 1. The first-order valence-corrected chi connectivity index (χ1v) is 5.56. The van der Waals surface area contributed by atoms with Gasteiger partial charge in [0.2, 0.25) is 0 Å². The smallest absolute Gasteiger partial charge is 0.288 e. The average molecular weight is 228 g/mol. The molecule has 1 aromatic carbocycles. The third kappa shape index (κ3) is 2.20. The largest absolute Gasteiger partial charge is 0.302 e. The van der Waals surface area contributed by atoms with Crippen molar-refractivity contribution in [2.24, 2.45) is 0 Å². The summed E-state index contributed by atoms with van der Waals surface area (Å²) >= 11 is 0.524. The minimum Gasteiger partial charge on any atom is -0.302 e. The number of thioether (sulfide) groups is 1. The van der Waals surface area contributed by atoms with Crippen molar-refractivity contribution in [1.82, 2.24) is 0 Å². The van der Waals surface area contributed by atoms with Crippen molar-refractivity contribution in [1.29, 1.82) is 0 Å². The summed E-state index contributed by atoms with van der Waals surface area (Å²) in [4.78, 5) is 11.4. The second-order valence-electron chi connectivity index (χ2n) is 3.68. The number of carbonyl (C=O) groups is 1. The van der Waals surface area contributed by atoms with E-state index in [9.17, 15) is 13.6 Å². The summed E-state index contributed by atoms with van der Waals surface area (Å²) in [6, 6.07) is 6.84. The van der Waals surface area contributed by atoms with Gasteiger partial charge in [0.15, 0.2) is 0 Å². The number of rotatable bonds is 4. The monoisotopic (exact) mass is 228 g/mol. The summed E-state index contributed by atoms with van der Waals surface area (Å²) in [5, 5.41) is 0. The molecule has 0 aromatic heterocycles. The van der Waals surface area contributed by atoms with Crippen LogP contribution in [0.15, 0.2) is 29.2 Å². The molecule has 0 atom stereocenters. The van der Waals surface area contributed by atoms with E-state index >= 15 is 0 Å². The number of carbonyl (C=O) groups excluding carboxylic acids is 1. The normalized spacial score (nSPS) is 17.8. The zero-order valence-corrected chi connectivity index (χ0v) is 8.77. The van der Waals surface area contributed by atoms with Crippen molar-refractivity contribution < 1.29 is 13.6 Å². The molecule has 2 rings (SSSR count). The second-order valence-corrected chi connectivity index (χ2v) is 4.74. The molecule has 1 nitrogen and oxygen atoms in total. The highest BCUT2D eigenvalue weighted by atomic mass is 32.2. The maximum absolute atomic E-state index is 12.0. The molecule has 0 bridgehead atoms. The number of hydrogen-bond acceptors (Lipinski definition) is 2. The number of hydrogen-bond donors (Lipinski definition) is 0. The van der Waals surface area contributed by atoms with Crippen molar-refractivity contribution in [2.75, 3.05) is 0 Å². The fourth-order valence-corrected chi connectivity index (χ4v) is 2.08. The Morgan fingerprint density at radius 1 is 1.27 bits per heavy atom. The minimum atomic E-state index is -2.39. The fourth-order valence-electron chi connectivity index (χ4n) is 1.58. The van der Waals surface area contributed by atoms with E-state index in [1.54, 1.807) is 24.3 Å². The quantitative estimate of drug-likeness (QED) is 0.581. The molecular weight excluding hydrogens is 218 g/mol. The van der Waals surface area contributed by atoms with Crippen molar-refractivity contribution in [3.63, 3.8) is 0 Å². The maximum atomic E-state index is 12.0. The third-order valence-corrected chi connectivity index (χ3v) is 3.39. The highest BCUT2D eigenvalue weighted by Gasteiger charge is 2.44. The molecule has 0 saturated heterocycles. The lowest BCUT2D eigenvalue weighted by Gasteiger charge is -2.07. The van der Waals surface area contributed by atoms with Gasteiger partial charge in [0.1, 0.15) is 6.29 Å². The van der Waals surface area contributed by atoms with Crippen LogP contribution in [0.5, 0.6) is 0 Å². The summed E-state index contributed by atoms with van der Waals surface area (Å²) < 4.78 is 24.1. The highest BCUT2D eigenvalue weighted by molar-refractivity contribution is 7.99. The minimum absolute atomic E-state index is 0.311. The van der Waals surface area contributed by atoms with Gasteiger partial charge in [-0.25, -0.2) is 0 Å². The first-order valence-electron chi connectivity index (χ1n) is 4.68. The van der Waals surface area contributed by atoms with Crippen LogP contribution in [-0.4, -0.2) is 12.0 Å². The molecular formula is C11H10F2OS. The second kappa shape index (κ2) is 3.93. The van der Waals surface area contributed by atoms with Crippen LogP contribution in [0.4, 0.5) is 8.78 Å². The van der Waals surface area contributed by atoms with E-state index in [-0.39, 0.29) is 5.41 Å². The van der Waals surface area contributed by atoms with Crippen LogP contribution >= 0.6 is 11.8 Å². The first-order chi connectivity index (χ1) is 7.16. The summed E-state index contributed by atoms with van der Waals surface area (Å²) in [5.74, 6) is -2.39. The van der Waals surface area contributed by atoms with Crippen LogP contribution < -0.4 is 0 Å². The number of aldehydes is 1. The maximum Gasteiger partial charge on any atom is 0.288 e. The summed E-state index contributed by atoms with van der Waals surface area (Å²) in [7, 11) is 0. The van der Waals surface area contributed by atoms with Crippen molar-refractivity contribution in [3.8, 4) is 0 Å². The van der Waals surface area contributed by atoms with Gasteiger partial charge >= 0.3 is 0 Å². The molecule has 1 saturated carbocycles. The van der Waals surface area contributed by atoms with E-state index in [2.05, 4.69) is 0 Å². The Hall–Kier alpha value is -0.900. The molecule has 0 unspecified atom stereocenters. The van der Waals surface area contributed by atoms with E-state index < -0.39 is 5.76 Å². The van der Waals surface area contributed by atoms with Gasteiger partial charge in [-0.1, -0.05) is 23.9 Å². The summed E-state index contributed by atoms with van der Waals surface area (Å²) in [6.07, 6.45) is 2.71. The Kier molecular flexibility index (Phi) is 2.78. The van der Waals surface area contributed by atoms with Crippen LogP contribution in [0, 0.1) is 0 Å². The van der Waals surface area contributed by atoms with Crippen molar-refractivity contribution >= 4 is 18.0 Å². The van der Waals surface area contributed by atoms with E-state index in [0.717, 1.165) is 24.7 Å². The van der Waals surface area contributed by atoms with Gasteiger partial charge < -0.3 is 4.79 Å². The molecule has 0 heterocycles. The molecule has 0 radical (unpaired) electrons. The molecule has 1 aromatic rings. The lowest BCUT2D eigenvalue weighted by Crippen LogP contribution is -2.07. The average Bonchev–Trinajstić information content (AvgIpc) is 2.99. The van der Waals surface area contributed by atoms with Gasteiger partial charge in [-0.15, -0.1) is 0 Å². The molecule has 15 heavy (non-hydrogen) atoms. The molecule has 1 fully saturated rings. The van der Waals surface area contributed by atoms with Gasteiger partial charge in [0, 0.05) is 4.90 Å². The lowest BCUT2D eigenvalue weighted by atomic mass is 9.98. The SMILES string of the molecule is O=CC1(c2ccc(SC(F)F)cc2)CC1. The van der Waals surface area contributed by atoms with E-state index in [0.29, 0.717) is 16.7 Å². The van der Waals surface area contributed by atoms with Crippen molar-refractivity contribution in [2.45, 2.75) is 28.9 Å². The molecule has 1 aliphatic rings. The summed E-state index contributed by atoms with van der Waals surface area (Å²) in [6.45, 7) is 0. The van der Waals surface area contributed by atoms with Gasteiger partial charge in [-0.3, -0.25) is 0 Å². The van der Waals surface area contributed by atoms with E-state index in [1.807, 2.05) is 0 Å². The van der Waals surface area contributed by atoms with Gasteiger partial charge in [0.05, 0.1) is 5.41 Å². The Balaban J connectivity index is 2.14. The molecule has 0 aliphatic heterocycles. The predicted molar refractivity (Wildman–Crippen MR) is 55.3 cm³/mol. The Labute approximate surface area is 90.9 Å². The molecule has 4 heteroatoms. The standard InChI is InChI=1S/C11H10F2OS/c12-10(13)15-9-3-1-8(2-4-9)11(7-14)5-6-11/h1-4,7,10H,5-6H2. The highest BCUT2D eigenvalue weighted by Crippen LogP contribution is 2.46. The zero-order chi connectivity index (χ0) is 10.9. The van der Waals surface area contributed by atoms with Gasteiger partial charge in [0.25, 0.3) is 5.76 Å². The Morgan fingerprint density at radius 3 is 2.27 bits per heavy atom. The molecule has 80 valence electrons. The molecule has 0 N–H and O–H groups in total. The summed E-state index contributed by atoms with van der Waals surface area (Å²) in [5.41, 5.74) is 0.629. The first kappa shape index (κ1) is 10.6. The molecule has 0 spiro atoms.